The van der Waals surface area contributed by atoms with E-state index >= 15 is 0 Å². The Labute approximate surface area is 222 Å². The fourth-order valence-corrected chi connectivity index (χ4v) is 8.94. The van der Waals surface area contributed by atoms with Crippen LogP contribution in [0, 0.1) is 25.7 Å². The zero-order valence-corrected chi connectivity index (χ0v) is 22.6. The van der Waals surface area contributed by atoms with Crippen LogP contribution in [0.5, 0.6) is 0 Å². The van der Waals surface area contributed by atoms with E-state index in [-0.39, 0.29) is 24.3 Å². The monoisotopic (exact) mass is 521 g/mol. The number of carbonyl (C=O) groups excluding carboxylic acids is 3. The van der Waals surface area contributed by atoms with Crippen LogP contribution in [-0.4, -0.2) is 55.9 Å². The molecule has 3 aliphatic rings. The molecule has 5 rings (SSSR count). The molecule has 196 valence electrons. The summed E-state index contributed by atoms with van der Waals surface area (Å²) in [5, 5.41) is 16.2. The van der Waals surface area contributed by atoms with E-state index in [0.29, 0.717) is 13.0 Å². The van der Waals surface area contributed by atoms with Crippen LogP contribution in [0.2, 0.25) is 0 Å². The lowest BCUT2D eigenvalue weighted by molar-refractivity contribution is -0.142. The number of carbonyl (C=O) groups is 3. The van der Waals surface area contributed by atoms with Crippen LogP contribution >= 0.6 is 11.8 Å². The summed E-state index contributed by atoms with van der Waals surface area (Å²) in [5.41, 5.74) is 3.67. The molecule has 0 aromatic heterocycles. The number of likely N-dealkylation sites (tertiary alicyclic amines) is 1. The topological polar surface area (TPSA) is 98.7 Å². The Hall–Kier alpha value is -2.84. The van der Waals surface area contributed by atoms with E-state index in [9.17, 15) is 19.5 Å². The van der Waals surface area contributed by atoms with Gasteiger partial charge in [0.2, 0.25) is 17.7 Å². The lowest BCUT2D eigenvalue weighted by Crippen LogP contribution is -2.54. The molecule has 6 atom stereocenters. The first-order valence-electron chi connectivity index (χ1n) is 12.9. The van der Waals surface area contributed by atoms with E-state index in [0.717, 1.165) is 28.8 Å². The number of anilines is 1. The van der Waals surface area contributed by atoms with Gasteiger partial charge in [-0.25, -0.2) is 0 Å². The number of thioether (sulfide) groups is 1. The van der Waals surface area contributed by atoms with Gasteiger partial charge in [-0.15, -0.1) is 11.8 Å². The minimum absolute atomic E-state index is 0.147. The summed E-state index contributed by atoms with van der Waals surface area (Å²) < 4.78 is -1.15. The van der Waals surface area contributed by atoms with Crippen molar-refractivity contribution in [2.24, 2.45) is 11.8 Å². The lowest BCUT2D eigenvalue weighted by atomic mass is 9.66. The molecule has 3 saturated heterocycles. The molecule has 0 saturated carbocycles. The highest BCUT2D eigenvalue weighted by atomic mass is 32.2. The van der Waals surface area contributed by atoms with Crippen LogP contribution in [0.15, 0.2) is 48.5 Å². The number of fused-ring (bicyclic) bond motifs is 1. The molecule has 0 aliphatic carbocycles. The van der Waals surface area contributed by atoms with E-state index < -0.39 is 33.4 Å². The predicted octanol–water partition coefficient (Wildman–Crippen LogP) is 3.42. The number of aryl methyl sites for hydroxylation is 2. The van der Waals surface area contributed by atoms with Crippen LogP contribution in [0.25, 0.3) is 0 Å². The van der Waals surface area contributed by atoms with Crippen molar-refractivity contribution in [1.82, 2.24) is 10.2 Å². The standard InChI is InChI=1S/C29H35N3O4S/c1-17-10-11-18(2)21(14-17)31-26(35)24-29-13-12-28(4,37-29)22(23(29)27(36)32(24)19(3)16-33)25(34)30-15-20-8-6-5-7-9-20/h5-11,14,19,22-24,33H,12-13,15-16H2,1-4H3,(H,30,34)(H,31,35)/t19-,22+,23+,24?,28-,29?/m1/s1. The van der Waals surface area contributed by atoms with Crippen molar-refractivity contribution in [2.75, 3.05) is 11.9 Å². The van der Waals surface area contributed by atoms with E-state index in [1.54, 1.807) is 23.6 Å². The molecule has 0 radical (unpaired) electrons. The molecular formula is C29H35N3O4S. The fraction of sp³-hybridized carbons (Fsp3) is 0.483. The number of aliphatic hydroxyl groups is 1. The first-order chi connectivity index (χ1) is 17.6. The van der Waals surface area contributed by atoms with Gasteiger partial charge in [-0.05, 0) is 63.3 Å². The summed E-state index contributed by atoms with van der Waals surface area (Å²) in [5.74, 6) is -1.78. The lowest BCUT2D eigenvalue weighted by Gasteiger charge is -2.36. The van der Waals surface area contributed by atoms with E-state index in [1.165, 1.54) is 0 Å². The summed E-state index contributed by atoms with van der Waals surface area (Å²) in [6, 6.07) is 14.3. The van der Waals surface area contributed by atoms with Gasteiger partial charge >= 0.3 is 0 Å². The van der Waals surface area contributed by atoms with Crippen LogP contribution in [-0.2, 0) is 20.9 Å². The minimum Gasteiger partial charge on any atom is -0.394 e. The van der Waals surface area contributed by atoms with Crippen molar-refractivity contribution in [3.63, 3.8) is 0 Å². The molecule has 2 aromatic carbocycles. The second kappa shape index (κ2) is 9.48. The zero-order chi connectivity index (χ0) is 26.5. The molecule has 8 heteroatoms. The molecule has 2 aromatic rings. The van der Waals surface area contributed by atoms with E-state index in [2.05, 4.69) is 17.6 Å². The third-order valence-electron chi connectivity index (χ3n) is 8.44. The van der Waals surface area contributed by atoms with Gasteiger partial charge in [0.05, 0.1) is 29.2 Å². The Balaban J connectivity index is 1.48. The maximum absolute atomic E-state index is 14.0. The predicted molar refractivity (Wildman–Crippen MR) is 145 cm³/mol. The van der Waals surface area contributed by atoms with Gasteiger partial charge in [0, 0.05) is 17.0 Å². The van der Waals surface area contributed by atoms with Crippen molar-refractivity contribution in [1.29, 1.82) is 0 Å². The summed E-state index contributed by atoms with van der Waals surface area (Å²) >= 11 is 1.63. The largest absolute Gasteiger partial charge is 0.394 e. The van der Waals surface area contributed by atoms with Gasteiger partial charge in [-0.3, -0.25) is 14.4 Å². The Bertz CT molecular complexity index is 1240. The van der Waals surface area contributed by atoms with Crippen molar-refractivity contribution in [3.05, 3.63) is 65.2 Å². The number of nitrogens with zero attached hydrogens (tertiary/aromatic N) is 1. The van der Waals surface area contributed by atoms with Gasteiger partial charge in [0.1, 0.15) is 6.04 Å². The van der Waals surface area contributed by atoms with Gasteiger partial charge in [-0.2, -0.15) is 0 Å². The average molecular weight is 522 g/mol. The molecule has 3 aliphatic heterocycles. The number of rotatable bonds is 7. The first-order valence-corrected chi connectivity index (χ1v) is 13.8. The molecule has 3 N–H and O–H groups in total. The molecule has 1 spiro atoms. The number of aliphatic hydroxyl groups excluding tert-OH is 1. The summed E-state index contributed by atoms with van der Waals surface area (Å²) in [6.45, 7) is 7.86. The smallest absolute Gasteiger partial charge is 0.248 e. The number of benzene rings is 2. The van der Waals surface area contributed by atoms with Crippen LogP contribution < -0.4 is 10.6 Å². The minimum atomic E-state index is -0.772. The quantitative estimate of drug-likeness (QED) is 0.519. The Morgan fingerprint density at radius 2 is 1.86 bits per heavy atom. The van der Waals surface area contributed by atoms with E-state index in [4.69, 9.17) is 0 Å². The van der Waals surface area contributed by atoms with Crippen molar-refractivity contribution in [2.45, 2.75) is 68.7 Å². The second-order valence-electron chi connectivity index (χ2n) is 11.0. The normalized spacial score (nSPS) is 30.8. The number of hydrogen-bond acceptors (Lipinski definition) is 5. The Morgan fingerprint density at radius 1 is 1.14 bits per heavy atom. The van der Waals surface area contributed by atoms with Crippen LogP contribution in [0.1, 0.15) is 43.4 Å². The van der Waals surface area contributed by atoms with Gasteiger partial charge < -0.3 is 20.6 Å². The third-order valence-corrected chi connectivity index (χ3v) is 10.4. The summed E-state index contributed by atoms with van der Waals surface area (Å²) in [7, 11) is 0. The first kappa shape index (κ1) is 25.8. The van der Waals surface area contributed by atoms with Gasteiger partial charge in [-0.1, -0.05) is 42.5 Å². The molecule has 2 bridgehead atoms. The molecule has 2 unspecified atom stereocenters. The molecule has 7 nitrogen and oxygen atoms in total. The number of hydrogen-bond donors (Lipinski definition) is 3. The van der Waals surface area contributed by atoms with Crippen molar-refractivity contribution < 1.29 is 19.5 Å². The van der Waals surface area contributed by atoms with Crippen molar-refractivity contribution >= 4 is 35.2 Å². The molecule has 3 heterocycles. The average Bonchev–Trinajstić information content (AvgIpc) is 3.45. The third kappa shape index (κ3) is 4.14. The van der Waals surface area contributed by atoms with Crippen LogP contribution in [0.3, 0.4) is 0 Å². The number of amides is 3. The molecule has 3 amide bonds. The zero-order valence-electron chi connectivity index (χ0n) is 21.8. The summed E-state index contributed by atoms with van der Waals surface area (Å²) in [4.78, 5) is 43.2. The SMILES string of the molecule is Cc1ccc(C)c(NC(=O)C2N([C@H](C)CO)C(=O)[C@@H]3[C@@H](C(=O)NCc4ccccc4)[C@@]4(C)CCC23S4)c1. The molecule has 37 heavy (non-hydrogen) atoms. The highest BCUT2D eigenvalue weighted by molar-refractivity contribution is 8.02. The second-order valence-corrected chi connectivity index (χ2v) is 12.9. The molecular weight excluding hydrogens is 486 g/mol. The maximum atomic E-state index is 14.0. The fourth-order valence-electron chi connectivity index (χ4n) is 6.59. The molecule has 3 fully saturated rings. The maximum Gasteiger partial charge on any atom is 0.248 e. The van der Waals surface area contributed by atoms with Crippen molar-refractivity contribution in [3.8, 4) is 0 Å². The van der Waals surface area contributed by atoms with Crippen LogP contribution in [0.4, 0.5) is 5.69 Å². The number of nitrogens with one attached hydrogen (secondary N) is 2. The van der Waals surface area contributed by atoms with Gasteiger partial charge in [0.15, 0.2) is 0 Å². The summed E-state index contributed by atoms with van der Waals surface area (Å²) in [6.07, 6.45) is 1.42. The van der Waals surface area contributed by atoms with Gasteiger partial charge in [0.25, 0.3) is 0 Å². The Kier molecular flexibility index (Phi) is 6.61. The Morgan fingerprint density at radius 3 is 2.57 bits per heavy atom. The van der Waals surface area contributed by atoms with E-state index in [1.807, 2.05) is 62.4 Å². The highest BCUT2D eigenvalue weighted by Gasteiger charge is 2.77. The highest BCUT2D eigenvalue weighted by Crippen LogP contribution is 2.71.